The predicted molar refractivity (Wildman–Crippen MR) is 77.6 cm³/mol. The van der Waals surface area contributed by atoms with Gasteiger partial charge in [-0.15, -0.1) is 0 Å². The Morgan fingerprint density at radius 1 is 1.26 bits per heavy atom. The molecule has 0 aliphatic heterocycles. The van der Waals surface area contributed by atoms with E-state index in [1.54, 1.807) is 0 Å². The molecule has 3 N–H and O–H groups in total. The van der Waals surface area contributed by atoms with E-state index >= 15 is 0 Å². The molecule has 0 radical (unpaired) electrons. The molecule has 2 amide bonds. The molecule has 5 heteroatoms. The Morgan fingerprint density at radius 2 is 1.89 bits per heavy atom. The number of rotatable bonds is 6. The lowest BCUT2D eigenvalue weighted by Crippen LogP contribution is -2.42. The monoisotopic (exact) mass is 284 g/mol. The van der Waals surface area contributed by atoms with Crippen LogP contribution in [0.3, 0.4) is 0 Å². The number of benzene rings is 1. The van der Waals surface area contributed by atoms with E-state index < -0.39 is 0 Å². The standard InChI is InChI=1S/C14H21ClN2O2/c1-14(2,11-4-6-12(15)7-5-11)10-17-13(19)16-8-3-9-18/h4-7,18H,3,8-10H2,1-2H3,(H2,16,17,19). The summed E-state index contributed by atoms with van der Waals surface area (Å²) in [7, 11) is 0. The molecule has 0 heterocycles. The van der Waals surface area contributed by atoms with Crippen molar-refractivity contribution in [1.82, 2.24) is 10.6 Å². The smallest absolute Gasteiger partial charge is 0.314 e. The predicted octanol–water partition coefficient (Wildman–Crippen LogP) is 2.30. The molecule has 19 heavy (non-hydrogen) atoms. The molecule has 0 aromatic heterocycles. The Hall–Kier alpha value is -1.26. The van der Waals surface area contributed by atoms with Crippen LogP contribution in [0.25, 0.3) is 0 Å². The second-order valence-corrected chi connectivity index (χ2v) is 5.51. The average molecular weight is 285 g/mol. The average Bonchev–Trinajstić information content (AvgIpc) is 2.37. The van der Waals surface area contributed by atoms with Gasteiger partial charge in [0, 0.05) is 30.1 Å². The van der Waals surface area contributed by atoms with Crippen molar-refractivity contribution in [2.75, 3.05) is 19.7 Å². The van der Waals surface area contributed by atoms with Crippen molar-refractivity contribution in [1.29, 1.82) is 0 Å². The minimum Gasteiger partial charge on any atom is -0.396 e. The summed E-state index contributed by atoms with van der Waals surface area (Å²) < 4.78 is 0. The fraction of sp³-hybridized carbons (Fsp3) is 0.500. The maximum atomic E-state index is 11.5. The van der Waals surface area contributed by atoms with Crippen molar-refractivity contribution in [2.45, 2.75) is 25.7 Å². The SMILES string of the molecule is CC(C)(CNC(=O)NCCCO)c1ccc(Cl)cc1. The highest BCUT2D eigenvalue weighted by Gasteiger charge is 2.21. The number of carbonyl (C=O) groups excluding carboxylic acids is 1. The fourth-order valence-electron chi connectivity index (χ4n) is 1.65. The first kappa shape index (κ1) is 15.8. The molecule has 1 aromatic rings. The molecule has 106 valence electrons. The molecule has 0 spiro atoms. The van der Waals surface area contributed by atoms with Crippen LogP contribution in [-0.2, 0) is 5.41 Å². The largest absolute Gasteiger partial charge is 0.396 e. The number of urea groups is 1. The number of hydrogen-bond acceptors (Lipinski definition) is 2. The van der Waals surface area contributed by atoms with Gasteiger partial charge in [-0.3, -0.25) is 0 Å². The van der Waals surface area contributed by atoms with Crippen molar-refractivity contribution in [3.8, 4) is 0 Å². The third-order valence-electron chi connectivity index (χ3n) is 2.94. The van der Waals surface area contributed by atoms with E-state index in [0.29, 0.717) is 24.5 Å². The van der Waals surface area contributed by atoms with Crippen LogP contribution in [0.1, 0.15) is 25.8 Å². The number of hydrogen-bond donors (Lipinski definition) is 3. The third kappa shape index (κ3) is 5.49. The van der Waals surface area contributed by atoms with Gasteiger partial charge in [0.1, 0.15) is 0 Å². The van der Waals surface area contributed by atoms with Gasteiger partial charge >= 0.3 is 6.03 Å². The zero-order chi connectivity index (χ0) is 14.3. The normalized spacial score (nSPS) is 11.2. The first-order valence-electron chi connectivity index (χ1n) is 6.34. The van der Waals surface area contributed by atoms with Crippen LogP contribution in [0, 0.1) is 0 Å². The highest BCUT2D eigenvalue weighted by Crippen LogP contribution is 2.23. The molecule has 0 aliphatic carbocycles. The number of aliphatic hydroxyl groups is 1. The van der Waals surface area contributed by atoms with E-state index in [-0.39, 0.29) is 18.1 Å². The molecule has 0 bridgehead atoms. The summed E-state index contributed by atoms with van der Waals surface area (Å²) in [5.74, 6) is 0. The van der Waals surface area contributed by atoms with Crippen LogP contribution < -0.4 is 10.6 Å². The number of amides is 2. The van der Waals surface area contributed by atoms with Gasteiger partial charge in [-0.05, 0) is 24.1 Å². The van der Waals surface area contributed by atoms with E-state index in [1.165, 1.54) is 0 Å². The molecule has 0 unspecified atom stereocenters. The Morgan fingerprint density at radius 3 is 2.47 bits per heavy atom. The topological polar surface area (TPSA) is 61.4 Å². The fourth-order valence-corrected chi connectivity index (χ4v) is 1.77. The Labute approximate surface area is 119 Å². The van der Waals surface area contributed by atoms with Crippen LogP contribution in [0.2, 0.25) is 5.02 Å². The maximum absolute atomic E-state index is 11.5. The molecular weight excluding hydrogens is 264 g/mol. The second kappa shape index (κ2) is 7.36. The van der Waals surface area contributed by atoms with Gasteiger partial charge in [0.2, 0.25) is 0 Å². The highest BCUT2D eigenvalue weighted by molar-refractivity contribution is 6.30. The first-order valence-corrected chi connectivity index (χ1v) is 6.72. The van der Waals surface area contributed by atoms with Crippen molar-refractivity contribution < 1.29 is 9.90 Å². The van der Waals surface area contributed by atoms with E-state index in [2.05, 4.69) is 24.5 Å². The van der Waals surface area contributed by atoms with Gasteiger partial charge in [0.15, 0.2) is 0 Å². The summed E-state index contributed by atoms with van der Waals surface area (Å²) in [5, 5.41) is 14.8. The molecular formula is C14H21ClN2O2. The number of carbonyl (C=O) groups is 1. The minimum absolute atomic E-state index is 0.0799. The van der Waals surface area contributed by atoms with Crippen LogP contribution in [0.15, 0.2) is 24.3 Å². The van der Waals surface area contributed by atoms with Gasteiger partial charge in [-0.1, -0.05) is 37.6 Å². The second-order valence-electron chi connectivity index (χ2n) is 5.08. The number of halogens is 1. The Balaban J connectivity index is 2.46. The summed E-state index contributed by atoms with van der Waals surface area (Å²) in [5.41, 5.74) is 0.950. The van der Waals surface area contributed by atoms with Gasteiger partial charge in [0.25, 0.3) is 0 Å². The Kier molecular flexibility index (Phi) is 6.12. The molecule has 4 nitrogen and oxygen atoms in total. The lowest BCUT2D eigenvalue weighted by Gasteiger charge is -2.25. The van der Waals surface area contributed by atoms with Crippen LogP contribution >= 0.6 is 11.6 Å². The van der Waals surface area contributed by atoms with Gasteiger partial charge in [-0.2, -0.15) is 0 Å². The maximum Gasteiger partial charge on any atom is 0.314 e. The van der Waals surface area contributed by atoms with Crippen molar-refractivity contribution in [3.05, 3.63) is 34.9 Å². The summed E-state index contributed by atoms with van der Waals surface area (Å²) in [6.07, 6.45) is 0.563. The van der Waals surface area contributed by atoms with Crippen LogP contribution in [-0.4, -0.2) is 30.8 Å². The minimum atomic E-state index is -0.213. The molecule has 0 saturated heterocycles. The molecule has 1 rings (SSSR count). The van der Waals surface area contributed by atoms with E-state index in [0.717, 1.165) is 5.56 Å². The molecule has 1 aromatic carbocycles. The summed E-state index contributed by atoms with van der Waals surface area (Å²) in [6, 6.07) is 7.41. The highest BCUT2D eigenvalue weighted by atomic mass is 35.5. The zero-order valence-electron chi connectivity index (χ0n) is 11.4. The van der Waals surface area contributed by atoms with E-state index in [1.807, 2.05) is 24.3 Å². The number of aliphatic hydroxyl groups excluding tert-OH is 1. The lowest BCUT2D eigenvalue weighted by atomic mass is 9.85. The van der Waals surface area contributed by atoms with Crippen molar-refractivity contribution >= 4 is 17.6 Å². The lowest BCUT2D eigenvalue weighted by molar-refractivity contribution is 0.235. The van der Waals surface area contributed by atoms with E-state index in [4.69, 9.17) is 16.7 Å². The van der Waals surface area contributed by atoms with E-state index in [9.17, 15) is 4.79 Å². The first-order chi connectivity index (χ1) is 8.95. The van der Waals surface area contributed by atoms with Gasteiger partial charge in [0.05, 0.1) is 0 Å². The van der Waals surface area contributed by atoms with Gasteiger partial charge in [-0.25, -0.2) is 4.79 Å². The zero-order valence-corrected chi connectivity index (χ0v) is 12.1. The number of nitrogens with one attached hydrogen (secondary N) is 2. The molecule has 0 atom stereocenters. The van der Waals surface area contributed by atoms with Gasteiger partial charge < -0.3 is 15.7 Å². The quantitative estimate of drug-likeness (QED) is 0.702. The molecule has 0 saturated carbocycles. The van der Waals surface area contributed by atoms with Crippen LogP contribution in [0.5, 0.6) is 0 Å². The van der Waals surface area contributed by atoms with Crippen molar-refractivity contribution in [2.24, 2.45) is 0 Å². The Bertz CT molecular complexity index is 404. The summed E-state index contributed by atoms with van der Waals surface area (Å²) >= 11 is 5.86. The summed E-state index contributed by atoms with van der Waals surface area (Å²) in [4.78, 5) is 11.5. The molecule has 0 aliphatic rings. The third-order valence-corrected chi connectivity index (χ3v) is 3.19. The summed E-state index contributed by atoms with van der Waals surface area (Å²) in [6.45, 7) is 5.20. The van der Waals surface area contributed by atoms with Crippen molar-refractivity contribution in [3.63, 3.8) is 0 Å². The van der Waals surface area contributed by atoms with Crippen LogP contribution in [0.4, 0.5) is 4.79 Å². The molecule has 0 fully saturated rings.